The second kappa shape index (κ2) is 6.44. The first-order chi connectivity index (χ1) is 8.74. The van der Waals surface area contributed by atoms with E-state index >= 15 is 0 Å². The van der Waals surface area contributed by atoms with E-state index in [1.54, 1.807) is 0 Å². The Hall–Kier alpha value is -0.730. The normalized spacial score (nSPS) is 14.8. The summed E-state index contributed by atoms with van der Waals surface area (Å²) in [6.45, 7) is 5.20. The third-order valence-corrected chi connectivity index (χ3v) is 3.71. The van der Waals surface area contributed by atoms with E-state index in [9.17, 15) is 0 Å². The lowest BCUT2D eigenvalue weighted by Crippen LogP contribution is -2.28. The Bertz CT molecular complexity index is 388. The van der Waals surface area contributed by atoms with Gasteiger partial charge in [-0.1, -0.05) is 24.6 Å². The quantitative estimate of drug-likeness (QED) is 0.819. The number of anilines is 1. The number of nitrogens with two attached hydrogens (primary N) is 1. The highest BCUT2D eigenvalue weighted by Gasteiger charge is 2.25. The molecule has 1 saturated carbocycles. The number of halogens is 1. The van der Waals surface area contributed by atoms with Crippen LogP contribution in [0.3, 0.4) is 0 Å². The fraction of sp³-hybridized carbons (Fsp3) is 0.600. The maximum absolute atomic E-state index is 6.16. The van der Waals surface area contributed by atoms with Gasteiger partial charge in [-0.15, -0.1) is 0 Å². The SMILES string of the molecule is CCCN(CC1CC1)c1cc(Cl)ccc1CCN. The van der Waals surface area contributed by atoms with Crippen molar-refractivity contribution in [3.8, 4) is 0 Å². The molecular weight excluding hydrogens is 244 g/mol. The van der Waals surface area contributed by atoms with Crippen LogP contribution < -0.4 is 10.6 Å². The molecule has 2 nitrogen and oxygen atoms in total. The molecular formula is C15H23ClN2. The van der Waals surface area contributed by atoms with Crippen molar-refractivity contribution in [3.05, 3.63) is 28.8 Å². The molecule has 1 aliphatic rings. The van der Waals surface area contributed by atoms with Gasteiger partial charge in [-0.05, 0) is 55.8 Å². The lowest BCUT2D eigenvalue weighted by Gasteiger charge is -2.27. The highest BCUT2D eigenvalue weighted by atomic mass is 35.5. The summed E-state index contributed by atoms with van der Waals surface area (Å²) in [5, 5.41) is 0.822. The summed E-state index contributed by atoms with van der Waals surface area (Å²) < 4.78 is 0. The van der Waals surface area contributed by atoms with Gasteiger partial charge in [0.15, 0.2) is 0 Å². The molecule has 1 fully saturated rings. The minimum Gasteiger partial charge on any atom is -0.371 e. The van der Waals surface area contributed by atoms with Crippen LogP contribution in [-0.4, -0.2) is 19.6 Å². The first kappa shape index (κ1) is 13.7. The molecule has 0 amide bonds. The fourth-order valence-corrected chi connectivity index (χ4v) is 2.56. The van der Waals surface area contributed by atoms with Gasteiger partial charge in [0.05, 0.1) is 0 Å². The molecule has 2 N–H and O–H groups in total. The minimum atomic E-state index is 0.692. The van der Waals surface area contributed by atoms with E-state index in [4.69, 9.17) is 17.3 Å². The number of hydrogen-bond acceptors (Lipinski definition) is 2. The number of nitrogens with zero attached hydrogens (tertiary/aromatic N) is 1. The fourth-order valence-electron chi connectivity index (χ4n) is 2.39. The van der Waals surface area contributed by atoms with E-state index in [0.29, 0.717) is 6.54 Å². The summed E-state index contributed by atoms with van der Waals surface area (Å²) in [6, 6.07) is 6.20. The van der Waals surface area contributed by atoms with Gasteiger partial charge in [0.25, 0.3) is 0 Å². The van der Waals surface area contributed by atoms with Crippen LogP contribution in [0, 0.1) is 5.92 Å². The lowest BCUT2D eigenvalue weighted by molar-refractivity contribution is 0.704. The summed E-state index contributed by atoms with van der Waals surface area (Å²) in [5.74, 6) is 0.890. The van der Waals surface area contributed by atoms with Crippen molar-refractivity contribution in [2.75, 3.05) is 24.5 Å². The van der Waals surface area contributed by atoms with E-state index in [1.165, 1.54) is 37.1 Å². The highest BCUT2D eigenvalue weighted by Crippen LogP contribution is 2.33. The largest absolute Gasteiger partial charge is 0.371 e. The van der Waals surface area contributed by atoms with Crippen molar-refractivity contribution in [1.29, 1.82) is 0 Å². The maximum Gasteiger partial charge on any atom is 0.0426 e. The summed E-state index contributed by atoms with van der Waals surface area (Å²) in [7, 11) is 0. The van der Waals surface area contributed by atoms with Crippen molar-refractivity contribution in [1.82, 2.24) is 0 Å². The van der Waals surface area contributed by atoms with Crippen LogP contribution in [0.15, 0.2) is 18.2 Å². The van der Waals surface area contributed by atoms with Crippen LogP contribution in [0.2, 0.25) is 5.02 Å². The van der Waals surface area contributed by atoms with Crippen molar-refractivity contribution >= 4 is 17.3 Å². The number of hydrogen-bond donors (Lipinski definition) is 1. The summed E-state index contributed by atoms with van der Waals surface area (Å²) >= 11 is 6.16. The predicted molar refractivity (Wildman–Crippen MR) is 79.4 cm³/mol. The van der Waals surface area contributed by atoms with E-state index in [0.717, 1.165) is 23.9 Å². The third-order valence-electron chi connectivity index (χ3n) is 3.47. The van der Waals surface area contributed by atoms with Gasteiger partial charge < -0.3 is 10.6 Å². The Morgan fingerprint density at radius 2 is 2.17 bits per heavy atom. The molecule has 0 heterocycles. The molecule has 18 heavy (non-hydrogen) atoms. The van der Waals surface area contributed by atoms with Gasteiger partial charge in [0.2, 0.25) is 0 Å². The molecule has 3 heteroatoms. The van der Waals surface area contributed by atoms with Crippen molar-refractivity contribution < 1.29 is 0 Å². The van der Waals surface area contributed by atoms with Gasteiger partial charge in [0.1, 0.15) is 0 Å². The van der Waals surface area contributed by atoms with Crippen molar-refractivity contribution in [3.63, 3.8) is 0 Å². The zero-order valence-electron chi connectivity index (χ0n) is 11.2. The average Bonchev–Trinajstić information content (AvgIpc) is 3.15. The molecule has 1 aliphatic carbocycles. The second-order valence-corrected chi connectivity index (χ2v) is 5.64. The maximum atomic E-state index is 6.16. The zero-order valence-corrected chi connectivity index (χ0v) is 11.9. The number of rotatable bonds is 7. The van der Waals surface area contributed by atoms with Crippen LogP contribution in [0.1, 0.15) is 31.7 Å². The van der Waals surface area contributed by atoms with Crippen LogP contribution in [0.25, 0.3) is 0 Å². The highest BCUT2D eigenvalue weighted by molar-refractivity contribution is 6.30. The van der Waals surface area contributed by atoms with Crippen LogP contribution in [0.4, 0.5) is 5.69 Å². The van der Waals surface area contributed by atoms with E-state index in [-0.39, 0.29) is 0 Å². The molecule has 1 aromatic rings. The van der Waals surface area contributed by atoms with Crippen LogP contribution >= 0.6 is 11.6 Å². The molecule has 100 valence electrons. The molecule has 0 atom stereocenters. The van der Waals surface area contributed by atoms with Gasteiger partial charge >= 0.3 is 0 Å². The minimum absolute atomic E-state index is 0.692. The number of benzene rings is 1. The predicted octanol–water partition coefficient (Wildman–Crippen LogP) is 3.47. The van der Waals surface area contributed by atoms with Gasteiger partial charge in [-0.2, -0.15) is 0 Å². The average molecular weight is 267 g/mol. The molecule has 0 bridgehead atoms. The molecule has 0 aliphatic heterocycles. The zero-order chi connectivity index (χ0) is 13.0. The first-order valence-electron chi connectivity index (χ1n) is 6.98. The van der Waals surface area contributed by atoms with E-state index in [2.05, 4.69) is 24.0 Å². The Labute approximate surface area is 115 Å². The summed E-state index contributed by atoms with van der Waals surface area (Å²) in [4.78, 5) is 2.49. The molecule has 0 spiro atoms. The molecule has 0 aromatic heterocycles. The van der Waals surface area contributed by atoms with Crippen molar-refractivity contribution in [2.24, 2.45) is 11.7 Å². The van der Waals surface area contributed by atoms with E-state index in [1.807, 2.05) is 6.07 Å². The smallest absolute Gasteiger partial charge is 0.0426 e. The lowest BCUT2D eigenvalue weighted by atomic mass is 10.1. The first-order valence-corrected chi connectivity index (χ1v) is 7.35. The third kappa shape index (κ3) is 3.63. The monoisotopic (exact) mass is 266 g/mol. The summed E-state index contributed by atoms with van der Waals surface area (Å²) in [5.41, 5.74) is 8.33. The molecule has 0 saturated heterocycles. The Morgan fingerprint density at radius 3 is 2.78 bits per heavy atom. The van der Waals surface area contributed by atoms with Gasteiger partial charge in [-0.3, -0.25) is 0 Å². The van der Waals surface area contributed by atoms with Crippen molar-refractivity contribution in [2.45, 2.75) is 32.6 Å². The Kier molecular flexibility index (Phi) is 4.90. The topological polar surface area (TPSA) is 29.3 Å². The van der Waals surface area contributed by atoms with Gasteiger partial charge in [0, 0.05) is 23.8 Å². The molecule has 2 rings (SSSR count). The van der Waals surface area contributed by atoms with Crippen LogP contribution in [-0.2, 0) is 6.42 Å². The van der Waals surface area contributed by atoms with Gasteiger partial charge in [-0.25, -0.2) is 0 Å². The second-order valence-electron chi connectivity index (χ2n) is 5.20. The molecule has 0 unspecified atom stereocenters. The van der Waals surface area contributed by atoms with E-state index < -0.39 is 0 Å². The Balaban J connectivity index is 2.21. The molecule has 0 radical (unpaired) electrons. The van der Waals surface area contributed by atoms with Crippen LogP contribution in [0.5, 0.6) is 0 Å². The summed E-state index contributed by atoms with van der Waals surface area (Å²) in [6.07, 6.45) is 4.86. The Morgan fingerprint density at radius 1 is 1.39 bits per heavy atom. The molecule has 1 aromatic carbocycles. The standard InChI is InChI=1S/C15H23ClN2/c1-2-9-18(11-12-3-4-12)15-10-14(16)6-5-13(15)7-8-17/h5-6,10,12H,2-4,7-9,11,17H2,1H3.